The molecule has 0 aliphatic rings. The van der Waals surface area contributed by atoms with E-state index in [2.05, 4.69) is 12.2 Å². The zero-order chi connectivity index (χ0) is 12.1. The summed E-state index contributed by atoms with van der Waals surface area (Å²) in [5, 5.41) is 14.1. The van der Waals surface area contributed by atoms with Crippen LogP contribution in [0.2, 0.25) is 5.02 Å². The lowest BCUT2D eigenvalue weighted by Crippen LogP contribution is -2.21. The van der Waals surface area contributed by atoms with Crippen molar-refractivity contribution >= 4 is 17.3 Å². The first-order valence-corrected chi connectivity index (χ1v) is 5.52. The third kappa shape index (κ3) is 3.47. The molecule has 0 aliphatic carbocycles. The van der Waals surface area contributed by atoms with Crippen LogP contribution in [0.1, 0.15) is 18.9 Å². The minimum Gasteiger partial charge on any atom is -0.317 e. The molecule has 1 rings (SSSR count). The lowest BCUT2D eigenvalue weighted by Gasteiger charge is -2.10. The van der Waals surface area contributed by atoms with Gasteiger partial charge in [0.15, 0.2) is 0 Å². The van der Waals surface area contributed by atoms with Crippen LogP contribution in [0.4, 0.5) is 5.69 Å². The van der Waals surface area contributed by atoms with E-state index in [1.807, 2.05) is 7.05 Å². The van der Waals surface area contributed by atoms with Gasteiger partial charge in [-0.2, -0.15) is 0 Å². The highest BCUT2D eigenvalue weighted by Gasteiger charge is 2.09. The lowest BCUT2D eigenvalue weighted by molar-refractivity contribution is -0.384. The van der Waals surface area contributed by atoms with Crippen LogP contribution >= 0.6 is 11.6 Å². The van der Waals surface area contributed by atoms with Crippen molar-refractivity contribution in [1.82, 2.24) is 5.32 Å². The van der Waals surface area contributed by atoms with Gasteiger partial charge in [0.05, 0.1) is 9.95 Å². The zero-order valence-electron chi connectivity index (χ0n) is 9.37. The SMILES string of the molecule is CNC(C)CCc1ccc([N+](=O)[O-])cc1Cl. The van der Waals surface area contributed by atoms with Crippen molar-refractivity contribution in [2.24, 2.45) is 0 Å². The Hall–Kier alpha value is -1.13. The molecule has 0 saturated carbocycles. The summed E-state index contributed by atoms with van der Waals surface area (Å²) in [5.41, 5.74) is 0.991. The first-order chi connectivity index (χ1) is 7.54. The number of non-ortho nitro benzene ring substituents is 1. The molecule has 1 unspecified atom stereocenters. The molecule has 0 fully saturated rings. The third-order valence-electron chi connectivity index (χ3n) is 2.59. The predicted molar refractivity (Wildman–Crippen MR) is 64.9 cm³/mol. The monoisotopic (exact) mass is 242 g/mol. The van der Waals surface area contributed by atoms with Gasteiger partial charge in [0.25, 0.3) is 5.69 Å². The smallest absolute Gasteiger partial charge is 0.270 e. The maximum atomic E-state index is 10.5. The van der Waals surface area contributed by atoms with E-state index in [9.17, 15) is 10.1 Å². The van der Waals surface area contributed by atoms with Crippen LogP contribution in [0.3, 0.4) is 0 Å². The maximum absolute atomic E-state index is 10.5. The van der Waals surface area contributed by atoms with Crippen molar-refractivity contribution in [3.63, 3.8) is 0 Å². The molecule has 1 atom stereocenters. The molecule has 16 heavy (non-hydrogen) atoms. The van der Waals surface area contributed by atoms with E-state index in [4.69, 9.17) is 11.6 Å². The van der Waals surface area contributed by atoms with Gasteiger partial charge >= 0.3 is 0 Å². The van der Waals surface area contributed by atoms with E-state index in [1.54, 1.807) is 6.07 Å². The first kappa shape index (κ1) is 12.9. The molecule has 88 valence electrons. The number of benzene rings is 1. The van der Waals surface area contributed by atoms with Gasteiger partial charge in [0.2, 0.25) is 0 Å². The van der Waals surface area contributed by atoms with Gasteiger partial charge in [0.1, 0.15) is 0 Å². The van der Waals surface area contributed by atoms with Gasteiger partial charge in [-0.3, -0.25) is 10.1 Å². The average molecular weight is 243 g/mol. The second-order valence-electron chi connectivity index (χ2n) is 3.76. The van der Waals surface area contributed by atoms with Gasteiger partial charge in [-0.25, -0.2) is 0 Å². The van der Waals surface area contributed by atoms with Crippen LogP contribution in [-0.2, 0) is 6.42 Å². The summed E-state index contributed by atoms with van der Waals surface area (Å²) in [5.74, 6) is 0. The number of nitrogens with zero attached hydrogens (tertiary/aromatic N) is 1. The minimum absolute atomic E-state index is 0.0374. The van der Waals surface area contributed by atoms with Gasteiger partial charge in [0, 0.05) is 18.2 Å². The Labute approximate surface area is 99.8 Å². The van der Waals surface area contributed by atoms with Crippen LogP contribution in [0.15, 0.2) is 18.2 Å². The molecule has 0 bridgehead atoms. The standard InChI is InChI=1S/C11H15ClN2O2/c1-8(13-2)3-4-9-5-6-10(14(15)16)7-11(9)12/h5-8,13H,3-4H2,1-2H3. The third-order valence-corrected chi connectivity index (χ3v) is 2.94. The maximum Gasteiger partial charge on any atom is 0.270 e. The topological polar surface area (TPSA) is 55.2 Å². The van der Waals surface area contributed by atoms with Crippen molar-refractivity contribution < 1.29 is 4.92 Å². The molecule has 0 saturated heterocycles. The number of nitrogens with one attached hydrogen (secondary N) is 1. The summed E-state index contributed by atoms with van der Waals surface area (Å²) >= 11 is 5.98. The van der Waals surface area contributed by atoms with Gasteiger partial charge in [-0.15, -0.1) is 0 Å². The molecule has 1 aromatic rings. The molecule has 1 aromatic carbocycles. The van der Waals surface area contributed by atoms with Crippen LogP contribution in [0.25, 0.3) is 0 Å². The fourth-order valence-corrected chi connectivity index (χ4v) is 1.64. The molecule has 0 amide bonds. The number of hydrogen-bond acceptors (Lipinski definition) is 3. The molecule has 4 nitrogen and oxygen atoms in total. The summed E-state index contributed by atoms with van der Waals surface area (Å²) in [4.78, 5) is 10.1. The normalized spacial score (nSPS) is 12.4. The van der Waals surface area contributed by atoms with Crippen LogP contribution in [0.5, 0.6) is 0 Å². The number of rotatable bonds is 5. The van der Waals surface area contributed by atoms with Crippen molar-refractivity contribution in [3.8, 4) is 0 Å². The Morgan fingerprint density at radius 3 is 2.75 bits per heavy atom. The van der Waals surface area contributed by atoms with Crippen LogP contribution in [0, 0.1) is 10.1 Å². The summed E-state index contributed by atoms with van der Waals surface area (Å²) in [7, 11) is 1.90. The molecule has 0 spiro atoms. The zero-order valence-corrected chi connectivity index (χ0v) is 10.1. The quantitative estimate of drug-likeness (QED) is 0.638. The largest absolute Gasteiger partial charge is 0.317 e. The first-order valence-electron chi connectivity index (χ1n) is 5.14. The molecule has 0 heterocycles. The fourth-order valence-electron chi connectivity index (χ4n) is 1.37. The second kappa shape index (κ2) is 5.82. The number of nitro groups is 1. The van der Waals surface area contributed by atoms with E-state index >= 15 is 0 Å². The number of hydrogen-bond donors (Lipinski definition) is 1. The Balaban J connectivity index is 2.72. The second-order valence-corrected chi connectivity index (χ2v) is 4.17. The number of halogens is 1. The van der Waals surface area contributed by atoms with Crippen molar-refractivity contribution in [3.05, 3.63) is 38.9 Å². The Kier molecular flexibility index (Phi) is 4.71. The molecular formula is C11H15ClN2O2. The Morgan fingerprint density at radius 2 is 2.25 bits per heavy atom. The van der Waals surface area contributed by atoms with Gasteiger partial charge < -0.3 is 5.32 Å². The Morgan fingerprint density at radius 1 is 1.56 bits per heavy atom. The van der Waals surface area contributed by atoms with E-state index in [0.717, 1.165) is 18.4 Å². The van der Waals surface area contributed by atoms with E-state index in [0.29, 0.717) is 11.1 Å². The average Bonchev–Trinajstić information content (AvgIpc) is 2.26. The van der Waals surface area contributed by atoms with E-state index < -0.39 is 4.92 Å². The minimum atomic E-state index is -0.439. The summed E-state index contributed by atoms with van der Waals surface area (Å²) in [6.45, 7) is 2.08. The molecule has 0 radical (unpaired) electrons. The molecule has 5 heteroatoms. The van der Waals surface area contributed by atoms with Crippen molar-refractivity contribution in [2.75, 3.05) is 7.05 Å². The highest BCUT2D eigenvalue weighted by molar-refractivity contribution is 6.31. The summed E-state index contributed by atoms with van der Waals surface area (Å²) in [6.07, 6.45) is 1.77. The van der Waals surface area contributed by atoms with Crippen molar-refractivity contribution in [2.45, 2.75) is 25.8 Å². The van der Waals surface area contributed by atoms with Gasteiger partial charge in [-0.1, -0.05) is 17.7 Å². The number of aryl methyl sites for hydroxylation is 1. The molecule has 0 aliphatic heterocycles. The number of nitro benzene ring substituents is 1. The van der Waals surface area contributed by atoms with Crippen LogP contribution in [-0.4, -0.2) is 18.0 Å². The Bertz CT molecular complexity index is 382. The lowest BCUT2D eigenvalue weighted by atomic mass is 10.1. The molecular weight excluding hydrogens is 228 g/mol. The van der Waals surface area contributed by atoms with E-state index in [-0.39, 0.29) is 5.69 Å². The molecule has 1 N–H and O–H groups in total. The van der Waals surface area contributed by atoms with Gasteiger partial charge in [-0.05, 0) is 32.4 Å². The predicted octanol–water partition coefficient (Wildman–Crippen LogP) is 2.79. The van der Waals surface area contributed by atoms with Crippen LogP contribution < -0.4 is 5.32 Å². The highest BCUT2D eigenvalue weighted by Crippen LogP contribution is 2.23. The fraction of sp³-hybridized carbons (Fsp3) is 0.455. The summed E-state index contributed by atoms with van der Waals surface area (Å²) < 4.78 is 0. The summed E-state index contributed by atoms with van der Waals surface area (Å²) in [6, 6.07) is 5.03. The molecule has 0 aromatic heterocycles. The van der Waals surface area contributed by atoms with Crippen molar-refractivity contribution in [1.29, 1.82) is 0 Å². The highest BCUT2D eigenvalue weighted by atomic mass is 35.5. The van der Waals surface area contributed by atoms with E-state index in [1.165, 1.54) is 12.1 Å².